The maximum Gasteiger partial charge on any atom is 0.407 e. The quantitative estimate of drug-likeness (QED) is 0.109. The number of amides is 4. The number of phenols is 1. The summed E-state index contributed by atoms with van der Waals surface area (Å²) in [6.45, 7) is 3.58. The van der Waals surface area contributed by atoms with Crippen LogP contribution in [0.1, 0.15) is 61.3 Å². The van der Waals surface area contributed by atoms with Crippen LogP contribution in [0.4, 0.5) is 4.79 Å². The molecular formula is C37H42N4O10. The lowest BCUT2D eigenvalue weighted by Crippen LogP contribution is -2.57. The van der Waals surface area contributed by atoms with Gasteiger partial charge in [-0.25, -0.2) is 4.79 Å². The third kappa shape index (κ3) is 10.3. The molecule has 4 amide bonds. The number of nitrogens with two attached hydrogens (primary N) is 1. The minimum absolute atomic E-state index is 0.0311. The molecule has 0 radical (unpaired) electrons. The number of carboxylic acids is 2. The van der Waals surface area contributed by atoms with Gasteiger partial charge in [0.05, 0.1) is 6.42 Å². The van der Waals surface area contributed by atoms with Crippen molar-refractivity contribution in [3.05, 3.63) is 89.0 Å². The Morgan fingerprint density at radius 1 is 0.784 bits per heavy atom. The monoisotopic (exact) mass is 702 g/mol. The van der Waals surface area contributed by atoms with Crippen molar-refractivity contribution in [3.8, 4) is 16.9 Å². The third-order valence-corrected chi connectivity index (χ3v) is 8.53. The van der Waals surface area contributed by atoms with Crippen molar-refractivity contribution in [1.29, 1.82) is 0 Å². The number of rotatable bonds is 17. The molecule has 270 valence electrons. The van der Waals surface area contributed by atoms with E-state index in [-0.39, 0.29) is 49.0 Å². The molecule has 0 saturated heterocycles. The maximum absolute atomic E-state index is 13.7. The zero-order valence-electron chi connectivity index (χ0n) is 28.3. The zero-order valence-corrected chi connectivity index (χ0v) is 28.3. The van der Waals surface area contributed by atoms with Crippen LogP contribution < -0.4 is 21.7 Å². The number of hydrogen-bond acceptors (Lipinski definition) is 8. The number of alkyl carbamates (subject to hydrolysis) is 1. The number of carbonyl (C=O) groups excluding carboxylic acids is 4. The highest BCUT2D eigenvalue weighted by Crippen LogP contribution is 2.44. The zero-order chi connectivity index (χ0) is 37.2. The average molecular weight is 703 g/mol. The highest BCUT2D eigenvalue weighted by Gasteiger charge is 2.32. The second kappa shape index (κ2) is 17.1. The molecular weight excluding hydrogens is 660 g/mol. The Hall–Kier alpha value is -5.92. The van der Waals surface area contributed by atoms with Crippen LogP contribution in [0.15, 0.2) is 66.7 Å². The Morgan fingerprint density at radius 2 is 1.37 bits per heavy atom. The number of phenolic OH excluding ortho intramolecular Hbond substituents is 1. The van der Waals surface area contributed by atoms with Crippen LogP contribution >= 0.6 is 0 Å². The van der Waals surface area contributed by atoms with Crippen molar-refractivity contribution < 1.29 is 48.8 Å². The van der Waals surface area contributed by atoms with Gasteiger partial charge in [0.1, 0.15) is 30.5 Å². The van der Waals surface area contributed by atoms with Crippen LogP contribution in [0, 0.1) is 5.92 Å². The number of primary amides is 1. The van der Waals surface area contributed by atoms with Crippen LogP contribution in [0.2, 0.25) is 0 Å². The molecule has 3 aromatic rings. The number of aromatic hydroxyl groups is 1. The van der Waals surface area contributed by atoms with Crippen LogP contribution in [0.25, 0.3) is 11.1 Å². The van der Waals surface area contributed by atoms with E-state index in [1.807, 2.05) is 62.4 Å². The highest BCUT2D eigenvalue weighted by molar-refractivity contribution is 5.94. The van der Waals surface area contributed by atoms with Gasteiger partial charge in [-0.05, 0) is 52.6 Å². The number of carbonyl (C=O) groups is 6. The first-order chi connectivity index (χ1) is 24.2. The first-order valence-corrected chi connectivity index (χ1v) is 16.5. The van der Waals surface area contributed by atoms with Crippen LogP contribution in [0.3, 0.4) is 0 Å². The summed E-state index contributed by atoms with van der Waals surface area (Å²) >= 11 is 0. The molecule has 14 nitrogen and oxygen atoms in total. The SMILES string of the molecule is CC(C)C[C@H](NC(=O)[C@H](Cc1ccc(CC(=O)O)c(O)c1)NC(=O)[C@H](CCC(=O)O)NC(=O)OCC1c2ccccc2-c2ccccc21)C(N)=O. The molecule has 0 aromatic heterocycles. The van der Waals surface area contributed by atoms with Crippen molar-refractivity contribution in [2.45, 2.75) is 70.0 Å². The molecule has 1 aliphatic rings. The Morgan fingerprint density at radius 3 is 1.92 bits per heavy atom. The lowest BCUT2D eigenvalue weighted by molar-refractivity contribution is -0.138. The smallest absolute Gasteiger partial charge is 0.407 e. The summed E-state index contributed by atoms with van der Waals surface area (Å²) in [4.78, 5) is 75.1. The van der Waals surface area contributed by atoms with Gasteiger partial charge in [0.25, 0.3) is 0 Å². The Labute approximate surface area is 294 Å². The summed E-state index contributed by atoms with van der Waals surface area (Å²) in [5.74, 6) is -5.55. The fourth-order valence-corrected chi connectivity index (χ4v) is 6.07. The molecule has 4 rings (SSSR count). The number of nitrogens with one attached hydrogen (secondary N) is 3. The molecule has 1 aliphatic carbocycles. The summed E-state index contributed by atoms with van der Waals surface area (Å²) in [6.07, 6.45) is -2.31. The maximum atomic E-state index is 13.7. The van der Waals surface area contributed by atoms with E-state index in [1.54, 1.807) is 0 Å². The number of ether oxygens (including phenoxy) is 1. The van der Waals surface area contributed by atoms with E-state index >= 15 is 0 Å². The summed E-state index contributed by atoms with van der Waals surface area (Å²) in [5.41, 5.74) is 9.94. The molecule has 0 aliphatic heterocycles. The van der Waals surface area contributed by atoms with Gasteiger partial charge >= 0.3 is 18.0 Å². The van der Waals surface area contributed by atoms with E-state index in [1.165, 1.54) is 18.2 Å². The Balaban J connectivity index is 1.52. The van der Waals surface area contributed by atoms with E-state index in [0.717, 1.165) is 22.3 Å². The largest absolute Gasteiger partial charge is 0.508 e. The lowest BCUT2D eigenvalue weighted by Gasteiger charge is -2.25. The molecule has 0 fully saturated rings. The fourth-order valence-electron chi connectivity index (χ4n) is 6.07. The Kier molecular flexibility index (Phi) is 12.7. The number of benzene rings is 3. The molecule has 0 unspecified atom stereocenters. The van der Waals surface area contributed by atoms with Gasteiger partial charge in [-0.1, -0.05) is 74.5 Å². The van der Waals surface area contributed by atoms with Crippen molar-refractivity contribution in [1.82, 2.24) is 16.0 Å². The first kappa shape index (κ1) is 37.9. The topological polar surface area (TPSA) is 234 Å². The van der Waals surface area contributed by atoms with Crippen molar-refractivity contribution in [2.75, 3.05) is 6.61 Å². The summed E-state index contributed by atoms with van der Waals surface area (Å²) in [5, 5.41) is 36.4. The van der Waals surface area contributed by atoms with E-state index in [2.05, 4.69) is 16.0 Å². The van der Waals surface area contributed by atoms with Gasteiger partial charge in [-0.2, -0.15) is 0 Å². The van der Waals surface area contributed by atoms with Gasteiger partial charge in [0, 0.05) is 24.3 Å². The fraction of sp³-hybridized carbons (Fsp3) is 0.351. The van der Waals surface area contributed by atoms with Crippen LogP contribution in [0.5, 0.6) is 5.75 Å². The van der Waals surface area contributed by atoms with Crippen molar-refractivity contribution in [2.24, 2.45) is 11.7 Å². The number of carboxylic acid groups (broad SMARTS) is 2. The van der Waals surface area contributed by atoms with Gasteiger partial charge in [0.2, 0.25) is 17.7 Å². The molecule has 0 heterocycles. The molecule has 0 spiro atoms. The van der Waals surface area contributed by atoms with E-state index in [0.29, 0.717) is 5.56 Å². The van der Waals surface area contributed by atoms with E-state index < -0.39 is 66.7 Å². The average Bonchev–Trinajstić information content (AvgIpc) is 3.39. The lowest BCUT2D eigenvalue weighted by atomic mass is 9.98. The predicted octanol–water partition coefficient (Wildman–Crippen LogP) is 2.83. The molecule has 8 N–H and O–H groups in total. The normalized spacial score (nSPS) is 13.6. The number of fused-ring (bicyclic) bond motifs is 3. The summed E-state index contributed by atoms with van der Waals surface area (Å²) in [7, 11) is 0. The molecule has 0 saturated carbocycles. The molecule has 0 bridgehead atoms. The molecule has 3 aromatic carbocycles. The van der Waals surface area contributed by atoms with Crippen LogP contribution in [-0.4, -0.2) is 75.8 Å². The minimum Gasteiger partial charge on any atom is -0.508 e. The predicted molar refractivity (Wildman–Crippen MR) is 185 cm³/mol. The van der Waals surface area contributed by atoms with Crippen LogP contribution in [-0.2, 0) is 41.6 Å². The molecule has 3 atom stereocenters. The summed E-state index contributed by atoms with van der Waals surface area (Å²) in [6, 6.07) is 15.6. The van der Waals surface area contributed by atoms with Gasteiger partial charge in [-0.15, -0.1) is 0 Å². The molecule has 51 heavy (non-hydrogen) atoms. The number of hydrogen-bond donors (Lipinski definition) is 7. The van der Waals surface area contributed by atoms with Gasteiger partial charge in [0.15, 0.2) is 0 Å². The standard InChI is InChI=1S/C37H42N4O10/c1-20(2)15-29(34(38)47)39-36(49)30(16-21-11-12-22(18-33(45)46)31(42)17-21)40-35(48)28(13-14-32(43)44)41-37(50)51-19-27-25-9-5-3-7-23(25)24-8-4-6-10-26(24)27/h3-12,17,20,27-30,42H,13-16,18-19H2,1-2H3,(H2,38,47)(H,39,49)(H,40,48)(H,41,50)(H,43,44)(H,45,46)/t28-,29-,30-/m0/s1. The first-order valence-electron chi connectivity index (χ1n) is 16.5. The third-order valence-electron chi connectivity index (χ3n) is 8.53. The molecule has 14 heteroatoms. The second-order valence-corrected chi connectivity index (χ2v) is 12.8. The van der Waals surface area contributed by atoms with E-state index in [9.17, 15) is 39.0 Å². The van der Waals surface area contributed by atoms with Gasteiger partial charge in [-0.3, -0.25) is 24.0 Å². The van der Waals surface area contributed by atoms with Crippen molar-refractivity contribution >= 4 is 35.8 Å². The van der Waals surface area contributed by atoms with E-state index in [4.69, 9.17) is 15.6 Å². The van der Waals surface area contributed by atoms with Gasteiger partial charge < -0.3 is 41.7 Å². The summed E-state index contributed by atoms with van der Waals surface area (Å²) < 4.78 is 5.57. The van der Waals surface area contributed by atoms with Crippen molar-refractivity contribution in [3.63, 3.8) is 0 Å². The second-order valence-electron chi connectivity index (χ2n) is 12.8. The Bertz CT molecular complexity index is 1750. The minimum atomic E-state index is -1.44. The number of aliphatic carboxylic acids is 2. The highest BCUT2D eigenvalue weighted by atomic mass is 16.5.